The SMILES string of the molecule is O=C1COc2cc([N+](=O)[O-])ccc2N1CCCN1CCOCC1. The molecule has 0 radical (unpaired) electrons. The van der Waals surface area contributed by atoms with E-state index in [0.29, 0.717) is 18.0 Å². The highest BCUT2D eigenvalue weighted by Gasteiger charge is 2.27. The van der Waals surface area contributed by atoms with Crippen molar-refractivity contribution in [1.29, 1.82) is 0 Å². The smallest absolute Gasteiger partial charge is 0.273 e. The Balaban J connectivity index is 1.65. The first-order valence-electron chi connectivity index (χ1n) is 7.67. The van der Waals surface area contributed by atoms with Crippen molar-refractivity contribution >= 4 is 17.3 Å². The Labute approximate surface area is 133 Å². The van der Waals surface area contributed by atoms with Gasteiger partial charge in [0.2, 0.25) is 0 Å². The molecule has 0 aromatic heterocycles. The lowest BCUT2D eigenvalue weighted by Gasteiger charge is -2.31. The Morgan fingerprint density at radius 1 is 1.22 bits per heavy atom. The number of carbonyl (C=O) groups is 1. The lowest BCUT2D eigenvalue weighted by Crippen LogP contribution is -2.42. The lowest BCUT2D eigenvalue weighted by molar-refractivity contribution is -0.384. The van der Waals surface area contributed by atoms with Crippen molar-refractivity contribution in [2.75, 3.05) is 50.9 Å². The average Bonchev–Trinajstić information content (AvgIpc) is 2.57. The zero-order chi connectivity index (χ0) is 16.2. The molecule has 8 nitrogen and oxygen atoms in total. The highest BCUT2D eigenvalue weighted by molar-refractivity contribution is 5.98. The number of non-ortho nitro benzene ring substituents is 1. The first-order chi connectivity index (χ1) is 11.1. The van der Waals surface area contributed by atoms with E-state index in [1.807, 2.05) is 0 Å². The van der Waals surface area contributed by atoms with Gasteiger partial charge >= 0.3 is 0 Å². The van der Waals surface area contributed by atoms with Gasteiger partial charge in [-0.25, -0.2) is 0 Å². The minimum absolute atomic E-state index is 0.0358. The summed E-state index contributed by atoms with van der Waals surface area (Å²) in [5.41, 5.74) is 0.570. The molecular weight excluding hydrogens is 302 g/mol. The summed E-state index contributed by atoms with van der Waals surface area (Å²) in [7, 11) is 0. The van der Waals surface area contributed by atoms with Crippen molar-refractivity contribution in [1.82, 2.24) is 4.90 Å². The minimum Gasteiger partial charge on any atom is -0.481 e. The highest BCUT2D eigenvalue weighted by atomic mass is 16.6. The molecule has 0 saturated carbocycles. The number of benzene rings is 1. The van der Waals surface area contributed by atoms with E-state index in [0.717, 1.165) is 39.3 Å². The van der Waals surface area contributed by atoms with Crippen LogP contribution in [-0.2, 0) is 9.53 Å². The van der Waals surface area contributed by atoms with Gasteiger partial charge in [0.1, 0.15) is 0 Å². The number of carbonyl (C=O) groups excluding carboxylic acids is 1. The maximum atomic E-state index is 12.1. The van der Waals surface area contributed by atoms with Crippen LogP contribution in [-0.4, -0.2) is 61.7 Å². The molecule has 0 atom stereocenters. The zero-order valence-corrected chi connectivity index (χ0v) is 12.8. The van der Waals surface area contributed by atoms with Crippen LogP contribution in [0.25, 0.3) is 0 Å². The third-order valence-electron chi connectivity index (χ3n) is 4.06. The Hall–Kier alpha value is -2.19. The number of nitro benzene ring substituents is 1. The van der Waals surface area contributed by atoms with Gasteiger partial charge in [0, 0.05) is 32.2 Å². The molecule has 1 aromatic rings. The van der Waals surface area contributed by atoms with Gasteiger partial charge in [0.05, 0.1) is 29.9 Å². The molecule has 1 saturated heterocycles. The molecule has 2 aliphatic heterocycles. The van der Waals surface area contributed by atoms with Gasteiger partial charge in [-0.1, -0.05) is 0 Å². The number of anilines is 1. The van der Waals surface area contributed by atoms with Crippen molar-refractivity contribution in [2.24, 2.45) is 0 Å². The quantitative estimate of drug-likeness (QED) is 0.595. The Kier molecular flexibility index (Phi) is 4.73. The number of amides is 1. The van der Waals surface area contributed by atoms with E-state index in [4.69, 9.17) is 9.47 Å². The number of ether oxygens (including phenoxy) is 2. The van der Waals surface area contributed by atoms with Crippen LogP contribution < -0.4 is 9.64 Å². The average molecular weight is 321 g/mol. The van der Waals surface area contributed by atoms with Crippen LogP contribution in [0.1, 0.15) is 6.42 Å². The maximum Gasteiger partial charge on any atom is 0.273 e. The third kappa shape index (κ3) is 3.59. The van der Waals surface area contributed by atoms with Gasteiger partial charge in [-0.2, -0.15) is 0 Å². The number of nitro groups is 1. The molecule has 3 rings (SSSR count). The standard InChI is InChI=1S/C15H19N3O5/c19-15-11-23-14-10-12(18(20)21)2-3-13(14)17(15)5-1-4-16-6-8-22-9-7-16/h2-3,10H,1,4-9,11H2. The van der Waals surface area contributed by atoms with E-state index >= 15 is 0 Å². The number of morpholine rings is 1. The number of nitrogens with zero attached hydrogens (tertiary/aromatic N) is 3. The number of hydrogen-bond acceptors (Lipinski definition) is 6. The summed E-state index contributed by atoms with van der Waals surface area (Å²) >= 11 is 0. The van der Waals surface area contributed by atoms with Crippen LogP contribution in [0, 0.1) is 10.1 Å². The third-order valence-corrected chi connectivity index (χ3v) is 4.06. The monoisotopic (exact) mass is 321 g/mol. The van der Waals surface area contributed by atoms with Crippen LogP contribution >= 0.6 is 0 Å². The molecule has 2 aliphatic rings. The van der Waals surface area contributed by atoms with Gasteiger partial charge in [0.25, 0.3) is 11.6 Å². The first-order valence-corrected chi connectivity index (χ1v) is 7.67. The molecule has 0 spiro atoms. The van der Waals surface area contributed by atoms with Crippen LogP contribution in [0.4, 0.5) is 11.4 Å². The Morgan fingerprint density at radius 3 is 2.74 bits per heavy atom. The fraction of sp³-hybridized carbons (Fsp3) is 0.533. The summed E-state index contributed by atoms with van der Waals surface area (Å²) in [5, 5.41) is 10.8. The molecule has 0 unspecified atom stereocenters. The molecule has 8 heteroatoms. The summed E-state index contributed by atoms with van der Waals surface area (Å²) in [6, 6.07) is 4.35. The normalized spacial score (nSPS) is 18.4. The van der Waals surface area contributed by atoms with Gasteiger partial charge in [-0.15, -0.1) is 0 Å². The second-order valence-corrected chi connectivity index (χ2v) is 5.55. The van der Waals surface area contributed by atoms with E-state index in [9.17, 15) is 14.9 Å². The van der Waals surface area contributed by atoms with E-state index in [-0.39, 0.29) is 18.2 Å². The van der Waals surface area contributed by atoms with E-state index < -0.39 is 4.92 Å². The summed E-state index contributed by atoms with van der Waals surface area (Å²) in [4.78, 5) is 26.4. The summed E-state index contributed by atoms with van der Waals surface area (Å²) < 4.78 is 10.6. The van der Waals surface area contributed by atoms with Gasteiger partial charge < -0.3 is 14.4 Å². The second-order valence-electron chi connectivity index (χ2n) is 5.55. The van der Waals surface area contributed by atoms with Gasteiger partial charge in [-0.05, 0) is 12.5 Å². The number of fused-ring (bicyclic) bond motifs is 1. The van der Waals surface area contributed by atoms with E-state index in [2.05, 4.69) is 4.90 Å². The van der Waals surface area contributed by atoms with Crippen molar-refractivity contribution < 1.29 is 19.2 Å². The predicted octanol–water partition coefficient (Wildman–Crippen LogP) is 1.04. The van der Waals surface area contributed by atoms with Crippen LogP contribution in [0.5, 0.6) is 5.75 Å². The Morgan fingerprint density at radius 2 is 2.00 bits per heavy atom. The molecule has 23 heavy (non-hydrogen) atoms. The van der Waals surface area contributed by atoms with Gasteiger partial charge in [0.15, 0.2) is 12.4 Å². The predicted molar refractivity (Wildman–Crippen MR) is 82.8 cm³/mol. The highest BCUT2D eigenvalue weighted by Crippen LogP contribution is 2.35. The molecule has 1 fully saturated rings. The van der Waals surface area contributed by atoms with E-state index in [1.54, 1.807) is 11.0 Å². The lowest BCUT2D eigenvalue weighted by atomic mass is 10.2. The van der Waals surface area contributed by atoms with Crippen molar-refractivity contribution in [3.8, 4) is 5.75 Å². The fourth-order valence-corrected chi connectivity index (χ4v) is 2.83. The molecule has 0 aliphatic carbocycles. The molecule has 1 aromatic carbocycles. The summed E-state index contributed by atoms with van der Waals surface area (Å²) in [6.07, 6.45) is 0.835. The van der Waals surface area contributed by atoms with E-state index in [1.165, 1.54) is 12.1 Å². The zero-order valence-electron chi connectivity index (χ0n) is 12.8. The second kappa shape index (κ2) is 6.93. The van der Waals surface area contributed by atoms with Crippen LogP contribution in [0.15, 0.2) is 18.2 Å². The van der Waals surface area contributed by atoms with Crippen molar-refractivity contribution in [3.63, 3.8) is 0 Å². The minimum atomic E-state index is -0.469. The summed E-state index contributed by atoms with van der Waals surface area (Å²) in [5.74, 6) is 0.276. The first kappa shape index (κ1) is 15.7. The van der Waals surface area contributed by atoms with Gasteiger partial charge in [-0.3, -0.25) is 19.8 Å². The molecule has 124 valence electrons. The van der Waals surface area contributed by atoms with Crippen molar-refractivity contribution in [2.45, 2.75) is 6.42 Å². The fourth-order valence-electron chi connectivity index (χ4n) is 2.83. The molecular formula is C15H19N3O5. The van der Waals surface area contributed by atoms with Crippen LogP contribution in [0.3, 0.4) is 0 Å². The van der Waals surface area contributed by atoms with Crippen molar-refractivity contribution in [3.05, 3.63) is 28.3 Å². The Bertz CT molecular complexity index is 601. The number of hydrogen-bond donors (Lipinski definition) is 0. The topological polar surface area (TPSA) is 85.1 Å². The summed E-state index contributed by atoms with van der Waals surface area (Å²) in [6.45, 7) is 4.73. The largest absolute Gasteiger partial charge is 0.481 e. The molecule has 0 N–H and O–H groups in total. The molecule has 1 amide bonds. The van der Waals surface area contributed by atoms with Crippen LogP contribution in [0.2, 0.25) is 0 Å². The molecule has 0 bridgehead atoms. The molecule has 2 heterocycles. The maximum absolute atomic E-state index is 12.1. The number of rotatable bonds is 5.